The lowest BCUT2D eigenvalue weighted by Gasteiger charge is -2.11. The number of carbonyl (C=O) groups excluding carboxylic acids is 3. The number of carboxylic acid groups (broad SMARTS) is 1. The topological polar surface area (TPSA) is 101 Å². The van der Waals surface area contributed by atoms with Gasteiger partial charge in [-0.05, 0) is 26.2 Å². The summed E-state index contributed by atoms with van der Waals surface area (Å²) in [6, 6.07) is -0.543. The molecule has 6 heteroatoms. The van der Waals surface area contributed by atoms with Crippen molar-refractivity contribution in [1.29, 1.82) is 0 Å². The molecule has 0 aromatic rings. The van der Waals surface area contributed by atoms with E-state index in [1.165, 1.54) is 58.3 Å². The fourth-order valence-corrected chi connectivity index (χ4v) is 3.50. The first kappa shape index (κ1) is 28.3. The zero-order valence-electron chi connectivity index (χ0n) is 19.0. The Morgan fingerprint density at radius 2 is 1.10 bits per heavy atom. The Balaban J connectivity index is 3.34. The molecule has 0 aliphatic rings. The third-order valence-electron chi connectivity index (χ3n) is 5.36. The molecule has 0 saturated carbocycles. The van der Waals surface area contributed by atoms with Gasteiger partial charge in [0.15, 0.2) is 0 Å². The number of aliphatic carboxylic acids is 1. The molecule has 0 aliphatic heterocycles. The maximum Gasteiger partial charge on any atom is 0.303 e. The minimum atomic E-state index is -0.689. The molecule has 0 aromatic carbocycles. The van der Waals surface area contributed by atoms with Gasteiger partial charge in [0.2, 0.25) is 5.91 Å². The molecular formula is C24H43NO5. The fraction of sp³-hybridized carbons (Fsp3) is 0.833. The monoisotopic (exact) mass is 425 g/mol. The van der Waals surface area contributed by atoms with Crippen LogP contribution in [-0.4, -0.2) is 35.1 Å². The lowest BCUT2D eigenvalue weighted by atomic mass is 10.0. The van der Waals surface area contributed by atoms with Gasteiger partial charge in [-0.3, -0.25) is 9.59 Å². The van der Waals surface area contributed by atoms with Crippen LogP contribution in [0.1, 0.15) is 122 Å². The van der Waals surface area contributed by atoms with E-state index in [0.717, 1.165) is 38.5 Å². The van der Waals surface area contributed by atoms with Crippen molar-refractivity contribution in [2.45, 2.75) is 129 Å². The second-order valence-corrected chi connectivity index (χ2v) is 8.39. The van der Waals surface area contributed by atoms with Crippen molar-refractivity contribution in [3.63, 3.8) is 0 Å². The molecule has 30 heavy (non-hydrogen) atoms. The third kappa shape index (κ3) is 21.0. The van der Waals surface area contributed by atoms with E-state index >= 15 is 0 Å². The third-order valence-corrected chi connectivity index (χ3v) is 5.36. The average molecular weight is 426 g/mol. The summed E-state index contributed by atoms with van der Waals surface area (Å²) in [6.45, 7) is 1.49. The van der Waals surface area contributed by atoms with Crippen LogP contribution >= 0.6 is 0 Å². The fourth-order valence-electron chi connectivity index (χ4n) is 3.50. The van der Waals surface area contributed by atoms with E-state index in [0.29, 0.717) is 32.0 Å². The molecule has 1 atom stereocenters. The van der Waals surface area contributed by atoms with E-state index in [-0.39, 0.29) is 11.7 Å². The molecule has 0 aliphatic carbocycles. The van der Waals surface area contributed by atoms with E-state index in [4.69, 9.17) is 5.11 Å². The number of rotatable bonds is 22. The van der Waals surface area contributed by atoms with Crippen LogP contribution in [-0.2, 0) is 19.2 Å². The van der Waals surface area contributed by atoms with E-state index in [2.05, 4.69) is 5.32 Å². The summed E-state index contributed by atoms with van der Waals surface area (Å²) in [5, 5.41) is 11.3. The zero-order chi connectivity index (χ0) is 22.5. The Kier molecular flexibility index (Phi) is 19.4. The largest absolute Gasteiger partial charge is 0.481 e. The Hall–Kier alpha value is -1.72. The number of hydrogen-bond acceptors (Lipinski definition) is 4. The Bertz CT molecular complexity index is 478. The first-order chi connectivity index (χ1) is 14.5. The second-order valence-electron chi connectivity index (χ2n) is 8.39. The standard InChI is InChI=1S/C24H43NO5/c1-21(27)18-19-22(20-26)25-23(28)16-14-12-10-8-6-4-2-3-5-7-9-11-13-15-17-24(29)30/h20,22H,2-19H2,1H3,(H,25,28)(H,29,30)/t22-/m0/s1. The van der Waals surface area contributed by atoms with E-state index in [9.17, 15) is 19.2 Å². The molecule has 0 heterocycles. The number of aldehydes is 1. The number of hydrogen-bond donors (Lipinski definition) is 2. The van der Waals surface area contributed by atoms with Crippen LogP contribution in [0.2, 0.25) is 0 Å². The van der Waals surface area contributed by atoms with Crippen molar-refractivity contribution in [1.82, 2.24) is 5.32 Å². The second kappa shape index (κ2) is 20.5. The number of carbonyl (C=O) groups is 4. The minimum Gasteiger partial charge on any atom is -0.481 e. The van der Waals surface area contributed by atoms with Crippen molar-refractivity contribution in [2.24, 2.45) is 0 Å². The van der Waals surface area contributed by atoms with Gasteiger partial charge in [-0.1, -0.05) is 77.0 Å². The van der Waals surface area contributed by atoms with Crippen LogP contribution in [0, 0.1) is 0 Å². The van der Waals surface area contributed by atoms with Gasteiger partial charge in [-0.2, -0.15) is 0 Å². The van der Waals surface area contributed by atoms with Crippen molar-refractivity contribution in [3.8, 4) is 0 Å². The molecule has 2 N–H and O–H groups in total. The Morgan fingerprint density at radius 3 is 1.47 bits per heavy atom. The SMILES string of the molecule is CC(=O)CC[C@@H](C=O)NC(=O)CCCCCCCCCCCCCCCCC(=O)O. The van der Waals surface area contributed by atoms with Gasteiger partial charge in [0.05, 0.1) is 6.04 Å². The van der Waals surface area contributed by atoms with Gasteiger partial charge in [0.25, 0.3) is 0 Å². The smallest absolute Gasteiger partial charge is 0.303 e. The summed E-state index contributed by atoms with van der Waals surface area (Å²) < 4.78 is 0. The lowest BCUT2D eigenvalue weighted by molar-refractivity contribution is -0.137. The maximum atomic E-state index is 11.8. The molecule has 0 rings (SSSR count). The van der Waals surface area contributed by atoms with Crippen LogP contribution in [0.5, 0.6) is 0 Å². The summed E-state index contributed by atoms with van der Waals surface area (Å²) in [5.41, 5.74) is 0. The molecule has 0 spiro atoms. The Morgan fingerprint density at radius 1 is 0.700 bits per heavy atom. The number of nitrogens with one attached hydrogen (secondary N) is 1. The quantitative estimate of drug-likeness (QED) is 0.179. The molecule has 0 fully saturated rings. The highest BCUT2D eigenvalue weighted by molar-refractivity contribution is 5.80. The summed E-state index contributed by atoms with van der Waals surface area (Å²) in [5.74, 6) is -0.760. The molecule has 0 saturated heterocycles. The molecule has 0 radical (unpaired) electrons. The van der Waals surface area contributed by atoms with E-state index < -0.39 is 12.0 Å². The number of unbranched alkanes of at least 4 members (excludes halogenated alkanes) is 13. The van der Waals surface area contributed by atoms with Gasteiger partial charge in [0.1, 0.15) is 12.1 Å². The highest BCUT2D eigenvalue weighted by Gasteiger charge is 2.11. The first-order valence-electron chi connectivity index (χ1n) is 11.9. The number of amides is 1. The molecular weight excluding hydrogens is 382 g/mol. The maximum absolute atomic E-state index is 11.8. The van der Waals surface area contributed by atoms with Crippen molar-refractivity contribution in [3.05, 3.63) is 0 Å². The summed E-state index contributed by atoms with van der Waals surface area (Å²) in [6.07, 6.45) is 18.2. The van der Waals surface area contributed by atoms with Crippen LogP contribution < -0.4 is 5.32 Å². The number of ketones is 1. The van der Waals surface area contributed by atoms with Gasteiger partial charge in [0, 0.05) is 19.3 Å². The van der Waals surface area contributed by atoms with E-state index in [1.807, 2.05) is 0 Å². The van der Waals surface area contributed by atoms with Gasteiger partial charge >= 0.3 is 5.97 Å². The Labute approximate surface area is 182 Å². The van der Waals surface area contributed by atoms with Gasteiger partial charge in [-0.25, -0.2) is 0 Å². The lowest BCUT2D eigenvalue weighted by Crippen LogP contribution is -2.36. The normalized spacial score (nSPS) is 11.8. The van der Waals surface area contributed by atoms with Crippen molar-refractivity contribution < 1.29 is 24.3 Å². The molecule has 6 nitrogen and oxygen atoms in total. The summed E-state index contributed by atoms with van der Waals surface area (Å²) >= 11 is 0. The predicted octanol–water partition coefficient (Wildman–Crippen LogP) is 5.37. The van der Waals surface area contributed by atoms with Crippen LogP contribution in [0.25, 0.3) is 0 Å². The van der Waals surface area contributed by atoms with Crippen molar-refractivity contribution in [2.75, 3.05) is 0 Å². The van der Waals surface area contributed by atoms with E-state index in [1.54, 1.807) is 0 Å². The average Bonchev–Trinajstić information content (AvgIpc) is 2.70. The molecule has 0 unspecified atom stereocenters. The number of carboxylic acids is 1. The molecule has 0 bridgehead atoms. The zero-order valence-corrected chi connectivity index (χ0v) is 19.0. The highest BCUT2D eigenvalue weighted by atomic mass is 16.4. The molecule has 174 valence electrons. The van der Waals surface area contributed by atoms with Gasteiger partial charge in [-0.15, -0.1) is 0 Å². The molecule has 1 amide bonds. The number of Topliss-reactive ketones (excluding diaryl/α,β-unsaturated/α-hetero) is 1. The highest BCUT2D eigenvalue weighted by Crippen LogP contribution is 2.13. The van der Waals surface area contributed by atoms with Crippen LogP contribution in [0.15, 0.2) is 0 Å². The van der Waals surface area contributed by atoms with Crippen molar-refractivity contribution >= 4 is 23.9 Å². The summed E-state index contributed by atoms with van der Waals surface area (Å²) in [7, 11) is 0. The first-order valence-corrected chi connectivity index (χ1v) is 11.9. The molecule has 0 aromatic heterocycles. The van der Waals surface area contributed by atoms with Crippen LogP contribution in [0.3, 0.4) is 0 Å². The van der Waals surface area contributed by atoms with Gasteiger partial charge < -0.3 is 20.0 Å². The minimum absolute atomic E-state index is 0.0288. The van der Waals surface area contributed by atoms with Crippen LogP contribution in [0.4, 0.5) is 0 Å². The predicted molar refractivity (Wildman–Crippen MR) is 119 cm³/mol. The summed E-state index contributed by atoms with van der Waals surface area (Å²) in [4.78, 5) is 44.1.